The number of thiazole rings is 1. The summed E-state index contributed by atoms with van der Waals surface area (Å²) in [7, 11) is 1.62. The molecule has 2 N–H and O–H groups in total. The second-order valence-corrected chi connectivity index (χ2v) is 6.05. The number of halogens is 3. The average Bonchev–Trinajstić information content (AvgIpc) is 2.81. The third-order valence-electron chi connectivity index (χ3n) is 3.16. The standard InChI is InChI=1S/C15H18F2N4S.HI/c1-9-10(2)22-14(21-9)8-20-15(18-3)19-7-11-6-12(16)4-5-13(11)17;/h4-6H,7-8H2,1-3H3,(H2,18,19,20);1H. The van der Waals surface area contributed by atoms with Crippen molar-refractivity contribution in [3.8, 4) is 0 Å². The van der Waals surface area contributed by atoms with E-state index in [1.54, 1.807) is 18.4 Å². The quantitative estimate of drug-likeness (QED) is 0.424. The topological polar surface area (TPSA) is 49.3 Å². The largest absolute Gasteiger partial charge is 0.352 e. The Morgan fingerprint density at radius 2 is 1.91 bits per heavy atom. The Hall–Kier alpha value is -1.29. The van der Waals surface area contributed by atoms with Crippen LogP contribution in [0.1, 0.15) is 21.1 Å². The Morgan fingerprint density at radius 1 is 1.22 bits per heavy atom. The highest BCUT2D eigenvalue weighted by molar-refractivity contribution is 14.0. The highest BCUT2D eigenvalue weighted by Gasteiger charge is 2.07. The zero-order valence-electron chi connectivity index (χ0n) is 13.1. The van der Waals surface area contributed by atoms with Gasteiger partial charge >= 0.3 is 0 Å². The highest BCUT2D eigenvalue weighted by atomic mass is 127. The van der Waals surface area contributed by atoms with Crippen LogP contribution < -0.4 is 10.6 Å². The van der Waals surface area contributed by atoms with Crippen molar-refractivity contribution in [1.82, 2.24) is 15.6 Å². The van der Waals surface area contributed by atoms with E-state index in [2.05, 4.69) is 20.6 Å². The van der Waals surface area contributed by atoms with Crippen molar-refractivity contribution < 1.29 is 8.78 Å². The van der Waals surface area contributed by atoms with E-state index in [-0.39, 0.29) is 36.1 Å². The summed E-state index contributed by atoms with van der Waals surface area (Å²) in [6.07, 6.45) is 0. The number of aromatic nitrogens is 1. The maximum atomic E-state index is 13.5. The number of hydrogen-bond acceptors (Lipinski definition) is 3. The smallest absolute Gasteiger partial charge is 0.191 e. The summed E-state index contributed by atoms with van der Waals surface area (Å²) in [5.41, 5.74) is 1.27. The number of nitrogens with zero attached hydrogens (tertiary/aromatic N) is 2. The Balaban J connectivity index is 0.00000264. The van der Waals surface area contributed by atoms with E-state index in [9.17, 15) is 8.78 Å². The van der Waals surface area contributed by atoms with Gasteiger partial charge in [-0.15, -0.1) is 35.3 Å². The molecule has 0 radical (unpaired) electrons. The van der Waals surface area contributed by atoms with Gasteiger partial charge in [-0.3, -0.25) is 4.99 Å². The molecule has 0 spiro atoms. The van der Waals surface area contributed by atoms with Gasteiger partial charge in [0.2, 0.25) is 0 Å². The molecule has 0 aliphatic rings. The van der Waals surface area contributed by atoms with Gasteiger partial charge in [-0.05, 0) is 32.0 Å². The molecule has 0 aliphatic carbocycles. The van der Waals surface area contributed by atoms with E-state index < -0.39 is 11.6 Å². The number of rotatable bonds is 4. The molecule has 0 saturated heterocycles. The monoisotopic (exact) mass is 452 g/mol. The molecule has 0 amide bonds. The maximum absolute atomic E-state index is 13.5. The molecule has 0 unspecified atom stereocenters. The number of nitrogens with one attached hydrogen (secondary N) is 2. The zero-order valence-corrected chi connectivity index (χ0v) is 16.3. The van der Waals surface area contributed by atoms with Crippen molar-refractivity contribution in [2.24, 2.45) is 4.99 Å². The fourth-order valence-corrected chi connectivity index (χ4v) is 2.73. The second kappa shape index (κ2) is 9.11. The number of hydrogen-bond donors (Lipinski definition) is 2. The van der Waals surface area contributed by atoms with Crippen LogP contribution in [0.5, 0.6) is 0 Å². The zero-order chi connectivity index (χ0) is 16.1. The molecule has 8 heteroatoms. The molecular formula is C15H19F2IN4S. The van der Waals surface area contributed by atoms with Crippen LogP contribution in [0.15, 0.2) is 23.2 Å². The van der Waals surface area contributed by atoms with Crippen LogP contribution in [-0.2, 0) is 13.1 Å². The summed E-state index contributed by atoms with van der Waals surface area (Å²) in [6, 6.07) is 3.38. The molecule has 0 aliphatic heterocycles. The normalized spacial score (nSPS) is 11.1. The van der Waals surface area contributed by atoms with E-state index >= 15 is 0 Å². The van der Waals surface area contributed by atoms with Crippen molar-refractivity contribution >= 4 is 41.3 Å². The van der Waals surface area contributed by atoms with Gasteiger partial charge < -0.3 is 10.6 Å². The van der Waals surface area contributed by atoms with Gasteiger partial charge in [0, 0.05) is 24.0 Å². The third-order valence-corrected chi connectivity index (χ3v) is 4.23. The van der Waals surface area contributed by atoms with Crippen molar-refractivity contribution in [2.45, 2.75) is 26.9 Å². The molecule has 1 aromatic carbocycles. The van der Waals surface area contributed by atoms with Crippen LogP contribution in [-0.4, -0.2) is 18.0 Å². The van der Waals surface area contributed by atoms with Gasteiger partial charge in [-0.25, -0.2) is 13.8 Å². The van der Waals surface area contributed by atoms with Gasteiger partial charge in [0.05, 0.1) is 12.2 Å². The lowest BCUT2D eigenvalue weighted by molar-refractivity contribution is 0.581. The van der Waals surface area contributed by atoms with Crippen molar-refractivity contribution in [1.29, 1.82) is 0 Å². The Morgan fingerprint density at radius 3 is 2.52 bits per heavy atom. The van der Waals surface area contributed by atoms with E-state index in [0.29, 0.717) is 12.5 Å². The summed E-state index contributed by atoms with van der Waals surface area (Å²) in [4.78, 5) is 9.66. The van der Waals surface area contributed by atoms with Gasteiger partial charge in [-0.2, -0.15) is 0 Å². The van der Waals surface area contributed by atoms with Crippen LogP contribution in [0.2, 0.25) is 0 Å². The molecular weight excluding hydrogens is 433 g/mol. The van der Waals surface area contributed by atoms with Crippen LogP contribution in [0.25, 0.3) is 0 Å². The summed E-state index contributed by atoms with van der Waals surface area (Å²) in [5, 5.41) is 7.01. The predicted molar refractivity (Wildman–Crippen MR) is 100 cm³/mol. The lowest BCUT2D eigenvalue weighted by atomic mass is 10.2. The molecule has 2 rings (SSSR count). The lowest BCUT2D eigenvalue weighted by Crippen LogP contribution is -2.36. The summed E-state index contributed by atoms with van der Waals surface area (Å²) in [5.74, 6) is -0.403. The fraction of sp³-hybridized carbons (Fsp3) is 0.333. The fourth-order valence-electron chi connectivity index (χ4n) is 1.85. The van der Waals surface area contributed by atoms with E-state index in [1.165, 1.54) is 10.9 Å². The average molecular weight is 452 g/mol. The molecule has 23 heavy (non-hydrogen) atoms. The first kappa shape index (κ1) is 19.8. The first-order chi connectivity index (χ1) is 10.5. The molecule has 0 fully saturated rings. The summed E-state index contributed by atoms with van der Waals surface area (Å²) in [6.45, 7) is 4.68. The van der Waals surface area contributed by atoms with Crippen LogP contribution in [0.3, 0.4) is 0 Å². The second-order valence-electron chi connectivity index (χ2n) is 4.76. The van der Waals surface area contributed by atoms with Crippen molar-refractivity contribution in [3.05, 3.63) is 51.0 Å². The highest BCUT2D eigenvalue weighted by Crippen LogP contribution is 2.15. The maximum Gasteiger partial charge on any atom is 0.191 e. The van der Waals surface area contributed by atoms with Gasteiger partial charge in [0.15, 0.2) is 5.96 Å². The van der Waals surface area contributed by atoms with Crippen LogP contribution in [0, 0.1) is 25.5 Å². The molecule has 0 saturated carbocycles. The van der Waals surface area contributed by atoms with Crippen molar-refractivity contribution in [2.75, 3.05) is 7.05 Å². The Bertz CT molecular complexity index is 669. The van der Waals surface area contributed by atoms with Gasteiger partial charge in [0.25, 0.3) is 0 Å². The molecule has 0 bridgehead atoms. The molecule has 0 atom stereocenters. The minimum absolute atomic E-state index is 0. The molecule has 1 aromatic heterocycles. The molecule has 2 aromatic rings. The molecule has 126 valence electrons. The van der Waals surface area contributed by atoms with Crippen LogP contribution >= 0.6 is 35.3 Å². The molecule has 1 heterocycles. The van der Waals surface area contributed by atoms with Gasteiger partial charge in [-0.1, -0.05) is 0 Å². The van der Waals surface area contributed by atoms with E-state index in [4.69, 9.17) is 0 Å². The molecule has 4 nitrogen and oxygen atoms in total. The minimum Gasteiger partial charge on any atom is -0.352 e. The first-order valence-electron chi connectivity index (χ1n) is 6.81. The van der Waals surface area contributed by atoms with Gasteiger partial charge in [0.1, 0.15) is 16.6 Å². The number of guanidine groups is 1. The SMILES string of the molecule is CN=C(NCc1nc(C)c(C)s1)NCc1cc(F)ccc1F.I. The van der Waals surface area contributed by atoms with Crippen molar-refractivity contribution in [3.63, 3.8) is 0 Å². The van der Waals surface area contributed by atoms with E-state index in [1.807, 2.05) is 13.8 Å². The predicted octanol–water partition coefficient (Wildman–Crippen LogP) is 3.52. The summed E-state index contributed by atoms with van der Waals surface area (Å²) < 4.78 is 26.7. The Kier molecular flexibility index (Phi) is 7.83. The third kappa shape index (κ3) is 5.69. The Labute approximate surface area is 155 Å². The first-order valence-corrected chi connectivity index (χ1v) is 7.62. The number of aryl methyl sites for hydroxylation is 2. The van der Waals surface area contributed by atoms with E-state index in [0.717, 1.165) is 22.8 Å². The lowest BCUT2D eigenvalue weighted by Gasteiger charge is -2.11. The number of aliphatic imine (C=N–C) groups is 1. The minimum atomic E-state index is -0.463. The van der Waals surface area contributed by atoms with Crippen LogP contribution in [0.4, 0.5) is 8.78 Å². The number of benzene rings is 1. The summed E-state index contributed by atoms with van der Waals surface area (Å²) >= 11 is 1.62.